The van der Waals surface area contributed by atoms with E-state index in [1.54, 1.807) is 16.7 Å². The van der Waals surface area contributed by atoms with Crippen LogP contribution >= 0.6 is 0 Å². The predicted molar refractivity (Wildman–Crippen MR) is 125 cm³/mol. The van der Waals surface area contributed by atoms with E-state index in [0.29, 0.717) is 12.2 Å². The van der Waals surface area contributed by atoms with Crippen molar-refractivity contribution in [2.24, 2.45) is 0 Å². The molecule has 0 fully saturated rings. The van der Waals surface area contributed by atoms with E-state index >= 15 is 0 Å². The van der Waals surface area contributed by atoms with Crippen LogP contribution in [0.15, 0.2) is 88.7 Å². The lowest BCUT2D eigenvalue weighted by Gasteiger charge is -2.14. The molecule has 0 radical (unpaired) electrons. The molecule has 2 aromatic heterocycles. The summed E-state index contributed by atoms with van der Waals surface area (Å²) in [5, 5.41) is 0. The molecule has 0 aliphatic carbocycles. The van der Waals surface area contributed by atoms with Gasteiger partial charge in [0.25, 0.3) is 5.56 Å². The van der Waals surface area contributed by atoms with Crippen molar-refractivity contribution >= 4 is 11.2 Å². The summed E-state index contributed by atoms with van der Waals surface area (Å²) >= 11 is 0. The first kappa shape index (κ1) is 21.5. The third-order valence-electron chi connectivity index (χ3n) is 5.87. The Morgan fingerprint density at radius 1 is 0.824 bits per heavy atom. The fraction of sp³-hybridized carbons (Fsp3) is 0.115. The largest absolute Gasteiger partial charge is 0.337 e. The quantitative estimate of drug-likeness (QED) is 0.400. The van der Waals surface area contributed by atoms with Crippen LogP contribution in [-0.4, -0.2) is 18.7 Å². The zero-order valence-electron chi connectivity index (χ0n) is 18.3. The predicted octanol–water partition coefficient (Wildman–Crippen LogP) is 4.03. The van der Waals surface area contributed by atoms with E-state index in [9.17, 15) is 18.4 Å². The number of aromatic nitrogens is 4. The zero-order valence-corrected chi connectivity index (χ0v) is 18.3. The Kier molecular flexibility index (Phi) is 5.41. The number of nitrogens with zero attached hydrogens (tertiary/aromatic N) is 4. The van der Waals surface area contributed by atoms with Gasteiger partial charge in [-0.1, -0.05) is 42.5 Å². The molecule has 0 amide bonds. The van der Waals surface area contributed by atoms with Crippen LogP contribution in [-0.2, 0) is 13.1 Å². The lowest BCUT2D eigenvalue weighted by molar-refractivity contribution is 0.586. The summed E-state index contributed by atoms with van der Waals surface area (Å²) in [6.45, 7) is 2.08. The van der Waals surface area contributed by atoms with Gasteiger partial charge in [-0.3, -0.25) is 9.36 Å². The fourth-order valence-electron chi connectivity index (χ4n) is 4.03. The summed E-state index contributed by atoms with van der Waals surface area (Å²) in [4.78, 5) is 31.4. The van der Waals surface area contributed by atoms with Crippen molar-refractivity contribution in [3.05, 3.63) is 128 Å². The van der Waals surface area contributed by atoms with Crippen molar-refractivity contribution in [3.63, 3.8) is 0 Å². The number of benzene rings is 3. The molecule has 170 valence electrons. The van der Waals surface area contributed by atoms with Gasteiger partial charge in [-0.2, -0.15) is 0 Å². The SMILES string of the molecule is Cc1ccccc1Cn1cnc2c1c(=O)n(Cc1ccccc1F)c(=O)n2-c1ccc(F)cc1. The second-order valence-corrected chi connectivity index (χ2v) is 8.05. The van der Waals surface area contributed by atoms with Crippen molar-refractivity contribution < 1.29 is 8.78 Å². The van der Waals surface area contributed by atoms with Gasteiger partial charge in [0.15, 0.2) is 11.2 Å². The molecular formula is C26H20F2N4O2. The van der Waals surface area contributed by atoms with Crippen molar-refractivity contribution in [2.45, 2.75) is 20.0 Å². The van der Waals surface area contributed by atoms with Crippen LogP contribution in [0.4, 0.5) is 8.78 Å². The van der Waals surface area contributed by atoms with E-state index in [0.717, 1.165) is 15.7 Å². The highest BCUT2D eigenvalue weighted by molar-refractivity contribution is 5.72. The van der Waals surface area contributed by atoms with Crippen molar-refractivity contribution in [3.8, 4) is 5.69 Å². The molecule has 3 aromatic carbocycles. The standard InChI is InChI=1S/C26H20F2N4O2/c1-17-6-2-3-7-18(17)14-30-16-29-24-23(30)25(33)31(15-19-8-4-5-9-22(19)28)26(34)32(24)21-12-10-20(27)11-13-21/h2-13,16H,14-15H2,1H3. The number of aryl methyl sites for hydroxylation is 1. The second kappa shape index (κ2) is 8.55. The van der Waals surface area contributed by atoms with Crippen molar-refractivity contribution in [1.82, 2.24) is 18.7 Å². The highest BCUT2D eigenvalue weighted by Gasteiger charge is 2.20. The minimum atomic E-state index is -0.687. The van der Waals surface area contributed by atoms with Crippen molar-refractivity contribution in [1.29, 1.82) is 0 Å². The van der Waals surface area contributed by atoms with Gasteiger partial charge in [-0.15, -0.1) is 0 Å². The number of hydrogen-bond donors (Lipinski definition) is 0. The molecule has 0 saturated carbocycles. The highest BCUT2D eigenvalue weighted by Crippen LogP contribution is 2.17. The maximum Gasteiger partial charge on any atom is 0.337 e. The Balaban J connectivity index is 1.78. The molecule has 0 bridgehead atoms. The molecule has 0 aliphatic rings. The van der Waals surface area contributed by atoms with Crippen LogP contribution < -0.4 is 11.2 Å². The number of hydrogen-bond acceptors (Lipinski definition) is 3. The maximum atomic E-state index is 14.4. The smallest absolute Gasteiger partial charge is 0.320 e. The Morgan fingerprint density at radius 2 is 1.50 bits per heavy atom. The van der Waals surface area contributed by atoms with E-state index in [2.05, 4.69) is 4.98 Å². The summed E-state index contributed by atoms with van der Waals surface area (Å²) in [6.07, 6.45) is 1.51. The lowest BCUT2D eigenvalue weighted by atomic mass is 10.1. The van der Waals surface area contributed by atoms with E-state index in [1.807, 2.05) is 31.2 Å². The first-order chi connectivity index (χ1) is 16.4. The van der Waals surface area contributed by atoms with E-state index in [-0.39, 0.29) is 23.3 Å². The molecule has 6 nitrogen and oxygen atoms in total. The number of fused-ring (bicyclic) bond motifs is 1. The molecular weight excluding hydrogens is 438 g/mol. The first-order valence-electron chi connectivity index (χ1n) is 10.7. The molecule has 0 unspecified atom stereocenters. The topological polar surface area (TPSA) is 61.8 Å². The Bertz CT molecular complexity index is 1630. The van der Waals surface area contributed by atoms with Gasteiger partial charge in [-0.05, 0) is 48.4 Å². The van der Waals surface area contributed by atoms with Gasteiger partial charge in [0, 0.05) is 12.1 Å². The van der Waals surface area contributed by atoms with E-state index in [1.165, 1.54) is 47.3 Å². The van der Waals surface area contributed by atoms with Gasteiger partial charge >= 0.3 is 5.69 Å². The third kappa shape index (κ3) is 3.73. The molecule has 0 spiro atoms. The van der Waals surface area contributed by atoms with Crippen LogP contribution in [0.5, 0.6) is 0 Å². The van der Waals surface area contributed by atoms with Gasteiger partial charge in [0.1, 0.15) is 11.6 Å². The van der Waals surface area contributed by atoms with Gasteiger partial charge < -0.3 is 4.57 Å². The molecule has 5 aromatic rings. The summed E-state index contributed by atoms with van der Waals surface area (Å²) in [5.41, 5.74) is 1.67. The minimum absolute atomic E-state index is 0.153. The molecule has 0 saturated heterocycles. The molecule has 34 heavy (non-hydrogen) atoms. The zero-order chi connectivity index (χ0) is 23.8. The molecule has 2 heterocycles. The van der Waals surface area contributed by atoms with Crippen LogP contribution in [0, 0.1) is 18.6 Å². The maximum absolute atomic E-state index is 14.4. The molecule has 5 rings (SSSR count). The van der Waals surface area contributed by atoms with E-state index in [4.69, 9.17) is 0 Å². The van der Waals surface area contributed by atoms with Crippen molar-refractivity contribution in [2.75, 3.05) is 0 Å². The summed E-state index contributed by atoms with van der Waals surface area (Å²) < 4.78 is 31.9. The summed E-state index contributed by atoms with van der Waals surface area (Å²) in [7, 11) is 0. The third-order valence-corrected chi connectivity index (χ3v) is 5.87. The van der Waals surface area contributed by atoms with E-state index < -0.39 is 22.9 Å². The molecule has 8 heteroatoms. The van der Waals surface area contributed by atoms with Crippen LogP contribution in [0.25, 0.3) is 16.9 Å². The van der Waals surface area contributed by atoms with Gasteiger partial charge in [-0.25, -0.2) is 23.1 Å². The number of halogens is 2. The number of rotatable bonds is 5. The highest BCUT2D eigenvalue weighted by atomic mass is 19.1. The fourth-order valence-corrected chi connectivity index (χ4v) is 4.03. The average Bonchev–Trinajstić information content (AvgIpc) is 3.24. The Labute approximate surface area is 193 Å². The van der Waals surface area contributed by atoms with Gasteiger partial charge in [0.2, 0.25) is 0 Å². The number of imidazole rings is 1. The minimum Gasteiger partial charge on any atom is -0.320 e. The monoisotopic (exact) mass is 458 g/mol. The normalized spacial score (nSPS) is 11.3. The molecule has 0 N–H and O–H groups in total. The Hall–Kier alpha value is -4.33. The lowest BCUT2D eigenvalue weighted by Crippen LogP contribution is -2.40. The summed E-state index contributed by atoms with van der Waals surface area (Å²) in [5.74, 6) is -0.978. The average molecular weight is 458 g/mol. The second-order valence-electron chi connectivity index (χ2n) is 8.05. The Morgan fingerprint density at radius 3 is 2.21 bits per heavy atom. The van der Waals surface area contributed by atoms with Crippen LogP contribution in [0.1, 0.15) is 16.7 Å². The summed E-state index contributed by atoms with van der Waals surface area (Å²) in [6, 6.07) is 19.1. The van der Waals surface area contributed by atoms with Crippen LogP contribution in [0.3, 0.4) is 0 Å². The molecule has 0 atom stereocenters. The molecule has 0 aliphatic heterocycles. The van der Waals surface area contributed by atoms with Gasteiger partial charge in [0.05, 0.1) is 18.6 Å². The van der Waals surface area contributed by atoms with Crippen LogP contribution in [0.2, 0.25) is 0 Å². The first-order valence-corrected chi connectivity index (χ1v) is 10.7.